The van der Waals surface area contributed by atoms with Crippen molar-refractivity contribution in [3.8, 4) is 5.69 Å². The summed E-state index contributed by atoms with van der Waals surface area (Å²) in [7, 11) is 0. The summed E-state index contributed by atoms with van der Waals surface area (Å²) in [6, 6.07) is 8.36. The number of carbonyl (C=O) groups is 2. The van der Waals surface area contributed by atoms with Crippen LogP contribution < -0.4 is 5.73 Å². The molecule has 0 atom stereocenters. The van der Waals surface area contributed by atoms with Gasteiger partial charge in [0.05, 0.1) is 5.69 Å². The summed E-state index contributed by atoms with van der Waals surface area (Å²) >= 11 is 0. The van der Waals surface area contributed by atoms with Gasteiger partial charge < -0.3 is 5.73 Å². The summed E-state index contributed by atoms with van der Waals surface area (Å²) < 4.78 is 1.52. The van der Waals surface area contributed by atoms with Crippen molar-refractivity contribution in [3.63, 3.8) is 0 Å². The van der Waals surface area contributed by atoms with E-state index in [0.717, 1.165) is 12.0 Å². The molecule has 1 heterocycles. The standard InChI is InChI=1S/C11H9N3O2/c12-11(16)10-5-6-14(13-10)9-3-1-8(7-15)2-4-9/h1-7H,(H2,12,16). The largest absolute Gasteiger partial charge is 0.364 e. The number of nitrogens with two attached hydrogens (primary N) is 1. The molecule has 0 saturated carbocycles. The molecule has 0 unspecified atom stereocenters. The number of nitrogens with zero attached hydrogens (tertiary/aromatic N) is 2. The Morgan fingerprint density at radius 2 is 1.94 bits per heavy atom. The van der Waals surface area contributed by atoms with E-state index in [1.165, 1.54) is 10.7 Å². The van der Waals surface area contributed by atoms with Gasteiger partial charge in [-0.1, -0.05) is 0 Å². The molecule has 16 heavy (non-hydrogen) atoms. The zero-order valence-electron chi connectivity index (χ0n) is 8.33. The van der Waals surface area contributed by atoms with Gasteiger partial charge >= 0.3 is 0 Å². The Kier molecular flexibility index (Phi) is 2.51. The number of benzene rings is 1. The quantitative estimate of drug-likeness (QED) is 0.768. The van der Waals surface area contributed by atoms with E-state index >= 15 is 0 Å². The van der Waals surface area contributed by atoms with Gasteiger partial charge in [-0.05, 0) is 30.3 Å². The highest BCUT2D eigenvalue weighted by atomic mass is 16.1. The monoisotopic (exact) mass is 215 g/mol. The normalized spacial score (nSPS) is 10.0. The highest BCUT2D eigenvalue weighted by Gasteiger charge is 2.05. The van der Waals surface area contributed by atoms with Crippen LogP contribution >= 0.6 is 0 Å². The van der Waals surface area contributed by atoms with Crippen LogP contribution in [-0.4, -0.2) is 22.0 Å². The van der Waals surface area contributed by atoms with E-state index in [1.807, 2.05) is 0 Å². The van der Waals surface area contributed by atoms with Gasteiger partial charge in [0, 0.05) is 11.8 Å². The molecule has 0 spiro atoms. The Morgan fingerprint density at radius 3 is 2.44 bits per heavy atom. The summed E-state index contributed by atoms with van der Waals surface area (Å²) in [5, 5.41) is 3.99. The van der Waals surface area contributed by atoms with E-state index in [2.05, 4.69) is 5.10 Å². The van der Waals surface area contributed by atoms with Gasteiger partial charge in [0.1, 0.15) is 12.0 Å². The van der Waals surface area contributed by atoms with Gasteiger partial charge in [0.25, 0.3) is 5.91 Å². The van der Waals surface area contributed by atoms with Crippen LogP contribution in [0.25, 0.3) is 5.69 Å². The first-order valence-electron chi connectivity index (χ1n) is 4.62. The maximum atomic E-state index is 10.8. The molecule has 1 aromatic heterocycles. The third kappa shape index (κ3) is 1.83. The van der Waals surface area contributed by atoms with E-state index in [4.69, 9.17) is 5.73 Å². The van der Waals surface area contributed by atoms with Crippen molar-refractivity contribution in [3.05, 3.63) is 47.8 Å². The number of rotatable bonds is 3. The van der Waals surface area contributed by atoms with Crippen molar-refractivity contribution in [2.75, 3.05) is 0 Å². The van der Waals surface area contributed by atoms with Gasteiger partial charge in [-0.2, -0.15) is 5.10 Å². The molecule has 0 aliphatic carbocycles. The van der Waals surface area contributed by atoms with Crippen molar-refractivity contribution in [2.24, 2.45) is 5.73 Å². The molecule has 5 heteroatoms. The molecule has 0 radical (unpaired) electrons. The van der Waals surface area contributed by atoms with Crippen LogP contribution in [0.4, 0.5) is 0 Å². The van der Waals surface area contributed by atoms with Gasteiger partial charge in [-0.3, -0.25) is 9.59 Å². The van der Waals surface area contributed by atoms with Gasteiger partial charge in [-0.15, -0.1) is 0 Å². The van der Waals surface area contributed by atoms with E-state index < -0.39 is 5.91 Å². The zero-order valence-corrected chi connectivity index (χ0v) is 8.33. The summed E-state index contributed by atoms with van der Waals surface area (Å²) in [5.41, 5.74) is 6.65. The lowest BCUT2D eigenvalue weighted by molar-refractivity contribution is 0.0994. The Hall–Kier alpha value is -2.43. The molecule has 80 valence electrons. The van der Waals surface area contributed by atoms with Crippen LogP contribution in [0.15, 0.2) is 36.5 Å². The number of primary amides is 1. The molecule has 0 saturated heterocycles. The van der Waals surface area contributed by atoms with Crippen LogP contribution in [0.2, 0.25) is 0 Å². The third-order valence-electron chi connectivity index (χ3n) is 2.14. The first-order chi connectivity index (χ1) is 7.70. The lowest BCUT2D eigenvalue weighted by Crippen LogP contribution is -2.12. The van der Waals surface area contributed by atoms with Crippen LogP contribution in [0.1, 0.15) is 20.8 Å². The molecule has 1 amide bonds. The highest BCUT2D eigenvalue weighted by Crippen LogP contribution is 2.08. The molecule has 1 aromatic carbocycles. The van der Waals surface area contributed by atoms with E-state index in [0.29, 0.717) is 5.56 Å². The SMILES string of the molecule is NC(=O)c1ccn(-c2ccc(C=O)cc2)n1. The van der Waals surface area contributed by atoms with Crippen molar-refractivity contribution in [1.29, 1.82) is 0 Å². The minimum absolute atomic E-state index is 0.208. The number of amides is 1. The summed E-state index contributed by atoms with van der Waals surface area (Å²) in [5.74, 6) is -0.566. The Balaban J connectivity index is 2.35. The van der Waals surface area contributed by atoms with Crippen molar-refractivity contribution in [1.82, 2.24) is 9.78 Å². The zero-order chi connectivity index (χ0) is 11.5. The first kappa shape index (κ1) is 10.1. The average Bonchev–Trinajstić information content (AvgIpc) is 2.78. The lowest BCUT2D eigenvalue weighted by Gasteiger charge is -2.00. The van der Waals surface area contributed by atoms with Gasteiger partial charge in [0.2, 0.25) is 0 Å². The molecular weight excluding hydrogens is 206 g/mol. The number of aromatic nitrogens is 2. The minimum Gasteiger partial charge on any atom is -0.364 e. The van der Waals surface area contributed by atoms with E-state index in [1.54, 1.807) is 30.5 Å². The summed E-state index contributed by atoms with van der Waals surface area (Å²) in [6.45, 7) is 0. The second-order valence-corrected chi connectivity index (χ2v) is 3.22. The summed E-state index contributed by atoms with van der Waals surface area (Å²) in [6.07, 6.45) is 2.40. The van der Waals surface area contributed by atoms with Gasteiger partial charge in [-0.25, -0.2) is 4.68 Å². The smallest absolute Gasteiger partial charge is 0.269 e. The molecule has 2 rings (SSSR count). The van der Waals surface area contributed by atoms with Crippen LogP contribution in [0.5, 0.6) is 0 Å². The molecule has 0 fully saturated rings. The number of hydrogen-bond donors (Lipinski definition) is 1. The van der Waals surface area contributed by atoms with E-state index in [-0.39, 0.29) is 5.69 Å². The second-order valence-electron chi connectivity index (χ2n) is 3.22. The minimum atomic E-state index is -0.566. The van der Waals surface area contributed by atoms with Crippen LogP contribution in [0, 0.1) is 0 Å². The molecule has 5 nitrogen and oxygen atoms in total. The first-order valence-corrected chi connectivity index (χ1v) is 4.62. The fourth-order valence-electron chi connectivity index (χ4n) is 1.30. The Bertz CT molecular complexity index is 528. The number of aldehydes is 1. The van der Waals surface area contributed by atoms with Gasteiger partial charge in [0.15, 0.2) is 0 Å². The van der Waals surface area contributed by atoms with Crippen molar-refractivity contribution in [2.45, 2.75) is 0 Å². The predicted molar refractivity (Wildman–Crippen MR) is 57.5 cm³/mol. The topological polar surface area (TPSA) is 78.0 Å². The fourth-order valence-corrected chi connectivity index (χ4v) is 1.30. The van der Waals surface area contributed by atoms with Crippen LogP contribution in [-0.2, 0) is 0 Å². The molecule has 0 bridgehead atoms. The van der Waals surface area contributed by atoms with Crippen molar-refractivity contribution < 1.29 is 9.59 Å². The Labute approximate surface area is 91.5 Å². The molecule has 2 aromatic rings. The number of carbonyl (C=O) groups excluding carboxylic acids is 2. The van der Waals surface area contributed by atoms with Crippen molar-refractivity contribution >= 4 is 12.2 Å². The second kappa shape index (κ2) is 3.98. The molecule has 0 aliphatic heterocycles. The molecular formula is C11H9N3O2. The van der Waals surface area contributed by atoms with E-state index in [9.17, 15) is 9.59 Å². The number of hydrogen-bond acceptors (Lipinski definition) is 3. The summed E-state index contributed by atoms with van der Waals surface area (Å²) in [4.78, 5) is 21.3. The maximum absolute atomic E-state index is 10.8. The Morgan fingerprint density at radius 1 is 1.25 bits per heavy atom. The molecule has 0 aliphatic rings. The van der Waals surface area contributed by atoms with Crippen LogP contribution in [0.3, 0.4) is 0 Å². The third-order valence-corrected chi connectivity index (χ3v) is 2.14. The molecule has 2 N–H and O–H groups in total. The maximum Gasteiger partial charge on any atom is 0.269 e. The lowest BCUT2D eigenvalue weighted by atomic mass is 10.2. The predicted octanol–water partition coefficient (Wildman–Crippen LogP) is 0.784. The average molecular weight is 215 g/mol. The highest BCUT2D eigenvalue weighted by molar-refractivity contribution is 5.90. The fraction of sp³-hybridized carbons (Fsp3) is 0.